The van der Waals surface area contributed by atoms with E-state index in [-0.39, 0.29) is 12.0 Å². The van der Waals surface area contributed by atoms with Crippen molar-refractivity contribution in [2.24, 2.45) is 0 Å². The molecule has 0 aromatic rings. The molecular formula is C11H20N2O2S. The van der Waals surface area contributed by atoms with Crippen LogP contribution in [-0.2, 0) is 9.53 Å². The summed E-state index contributed by atoms with van der Waals surface area (Å²) in [5.41, 5.74) is 0. The lowest BCUT2D eigenvalue weighted by molar-refractivity contribution is -0.122. The third-order valence-electron chi connectivity index (χ3n) is 2.98. The predicted octanol–water partition coefficient (Wildman–Crippen LogP) is 0.377. The fourth-order valence-corrected chi connectivity index (χ4v) is 3.03. The number of rotatable bonds is 4. The lowest BCUT2D eigenvalue weighted by Gasteiger charge is -2.22. The van der Waals surface area contributed by atoms with Crippen molar-refractivity contribution < 1.29 is 9.53 Å². The van der Waals surface area contributed by atoms with Crippen LogP contribution >= 0.6 is 11.8 Å². The minimum atomic E-state index is 0.149. The van der Waals surface area contributed by atoms with Crippen molar-refractivity contribution in [2.75, 3.05) is 31.2 Å². The molecule has 0 spiro atoms. The van der Waals surface area contributed by atoms with Crippen molar-refractivity contribution in [2.45, 2.75) is 31.4 Å². The van der Waals surface area contributed by atoms with E-state index in [4.69, 9.17) is 4.74 Å². The van der Waals surface area contributed by atoms with E-state index in [9.17, 15) is 4.79 Å². The van der Waals surface area contributed by atoms with Crippen LogP contribution in [0.25, 0.3) is 0 Å². The highest BCUT2D eigenvalue weighted by Gasteiger charge is 2.19. The topological polar surface area (TPSA) is 50.4 Å². The molecule has 16 heavy (non-hydrogen) atoms. The zero-order valence-electron chi connectivity index (χ0n) is 9.54. The van der Waals surface area contributed by atoms with Gasteiger partial charge in [-0.1, -0.05) is 0 Å². The van der Waals surface area contributed by atoms with E-state index in [1.54, 1.807) is 0 Å². The number of hydrogen-bond donors (Lipinski definition) is 2. The Hall–Kier alpha value is -0.260. The molecule has 0 saturated carbocycles. The summed E-state index contributed by atoms with van der Waals surface area (Å²) in [7, 11) is 0. The van der Waals surface area contributed by atoms with Crippen LogP contribution in [0.1, 0.15) is 19.3 Å². The SMILES string of the molecule is O=C(CC1CSCCN1)NCC1CCCO1. The van der Waals surface area contributed by atoms with Gasteiger partial charge in [0.25, 0.3) is 0 Å². The first-order valence-corrected chi connectivity index (χ1v) is 7.19. The van der Waals surface area contributed by atoms with Gasteiger partial charge in [0.1, 0.15) is 0 Å². The average molecular weight is 244 g/mol. The normalized spacial score (nSPS) is 30.2. The summed E-state index contributed by atoms with van der Waals surface area (Å²) in [5, 5.41) is 6.32. The van der Waals surface area contributed by atoms with Gasteiger partial charge in [0.2, 0.25) is 5.91 Å². The van der Waals surface area contributed by atoms with E-state index < -0.39 is 0 Å². The standard InChI is InChI=1S/C11H20N2O2S/c14-11(6-9-8-16-5-3-12-9)13-7-10-2-1-4-15-10/h9-10,12H,1-8H2,(H,13,14). The summed E-state index contributed by atoms with van der Waals surface area (Å²) in [4.78, 5) is 11.7. The van der Waals surface area contributed by atoms with E-state index in [2.05, 4.69) is 10.6 Å². The average Bonchev–Trinajstić information content (AvgIpc) is 2.81. The monoisotopic (exact) mass is 244 g/mol. The first kappa shape index (κ1) is 12.2. The second kappa shape index (κ2) is 6.47. The summed E-state index contributed by atoms with van der Waals surface area (Å²) in [6.07, 6.45) is 3.05. The van der Waals surface area contributed by atoms with Gasteiger partial charge >= 0.3 is 0 Å². The van der Waals surface area contributed by atoms with Gasteiger partial charge in [-0.3, -0.25) is 4.79 Å². The van der Waals surface area contributed by atoms with Crippen molar-refractivity contribution in [3.63, 3.8) is 0 Å². The molecule has 0 aromatic heterocycles. The van der Waals surface area contributed by atoms with Crippen LogP contribution in [0.3, 0.4) is 0 Å². The summed E-state index contributed by atoms with van der Waals surface area (Å²) >= 11 is 1.92. The van der Waals surface area contributed by atoms with Gasteiger partial charge in [-0.05, 0) is 12.8 Å². The van der Waals surface area contributed by atoms with Crippen LogP contribution in [0.5, 0.6) is 0 Å². The third-order valence-corrected chi connectivity index (χ3v) is 4.11. The molecule has 2 saturated heterocycles. The molecule has 0 bridgehead atoms. The molecule has 0 aromatic carbocycles. The number of nitrogens with one attached hydrogen (secondary N) is 2. The molecule has 2 fully saturated rings. The zero-order chi connectivity index (χ0) is 11.2. The first-order valence-electron chi connectivity index (χ1n) is 6.04. The van der Waals surface area contributed by atoms with Crippen molar-refractivity contribution in [3.05, 3.63) is 0 Å². The number of hydrogen-bond acceptors (Lipinski definition) is 4. The van der Waals surface area contributed by atoms with Gasteiger partial charge in [0.15, 0.2) is 0 Å². The Morgan fingerprint density at radius 3 is 3.19 bits per heavy atom. The number of amides is 1. The van der Waals surface area contributed by atoms with E-state index in [0.29, 0.717) is 19.0 Å². The van der Waals surface area contributed by atoms with Gasteiger partial charge in [-0.2, -0.15) is 11.8 Å². The highest BCUT2D eigenvalue weighted by molar-refractivity contribution is 7.99. The molecule has 2 N–H and O–H groups in total. The Bertz CT molecular complexity index is 226. The maximum absolute atomic E-state index is 11.7. The van der Waals surface area contributed by atoms with Crippen LogP contribution < -0.4 is 10.6 Å². The van der Waals surface area contributed by atoms with Crippen molar-refractivity contribution in [1.29, 1.82) is 0 Å². The second-order valence-corrected chi connectivity index (χ2v) is 5.52. The van der Waals surface area contributed by atoms with Gasteiger partial charge in [0.05, 0.1) is 6.10 Å². The van der Waals surface area contributed by atoms with Crippen molar-refractivity contribution >= 4 is 17.7 Å². The molecule has 2 aliphatic heterocycles. The quantitative estimate of drug-likeness (QED) is 0.750. The summed E-state index contributed by atoms with van der Waals surface area (Å²) < 4.78 is 5.46. The van der Waals surface area contributed by atoms with E-state index in [1.165, 1.54) is 0 Å². The minimum Gasteiger partial charge on any atom is -0.376 e. The largest absolute Gasteiger partial charge is 0.376 e. The predicted molar refractivity (Wildman–Crippen MR) is 65.7 cm³/mol. The van der Waals surface area contributed by atoms with Gasteiger partial charge < -0.3 is 15.4 Å². The van der Waals surface area contributed by atoms with Crippen molar-refractivity contribution in [1.82, 2.24) is 10.6 Å². The molecule has 92 valence electrons. The van der Waals surface area contributed by atoms with Crippen LogP contribution in [0, 0.1) is 0 Å². The number of carbonyl (C=O) groups is 1. The summed E-state index contributed by atoms with van der Waals surface area (Å²) in [5.74, 6) is 2.36. The van der Waals surface area contributed by atoms with Crippen LogP contribution in [0.4, 0.5) is 0 Å². The Kier molecular flexibility index (Phi) is 4.93. The van der Waals surface area contributed by atoms with E-state index in [1.807, 2.05) is 11.8 Å². The molecule has 0 radical (unpaired) electrons. The molecule has 2 aliphatic rings. The minimum absolute atomic E-state index is 0.149. The molecule has 4 nitrogen and oxygen atoms in total. The fourth-order valence-electron chi connectivity index (χ4n) is 2.08. The van der Waals surface area contributed by atoms with Crippen LogP contribution in [-0.4, -0.2) is 49.3 Å². The van der Waals surface area contributed by atoms with Crippen LogP contribution in [0.2, 0.25) is 0 Å². The molecule has 5 heteroatoms. The zero-order valence-corrected chi connectivity index (χ0v) is 10.4. The second-order valence-electron chi connectivity index (χ2n) is 4.37. The molecule has 0 aliphatic carbocycles. The van der Waals surface area contributed by atoms with E-state index >= 15 is 0 Å². The van der Waals surface area contributed by atoms with Crippen LogP contribution in [0.15, 0.2) is 0 Å². The molecule has 1 amide bonds. The molecular weight excluding hydrogens is 224 g/mol. The Balaban J connectivity index is 1.59. The number of carbonyl (C=O) groups excluding carboxylic acids is 1. The molecule has 2 atom stereocenters. The maximum Gasteiger partial charge on any atom is 0.221 e. The third kappa shape index (κ3) is 3.96. The number of thioether (sulfide) groups is 1. The lowest BCUT2D eigenvalue weighted by Crippen LogP contribution is -2.42. The van der Waals surface area contributed by atoms with Gasteiger partial charge in [-0.15, -0.1) is 0 Å². The molecule has 2 rings (SSSR count). The molecule has 2 unspecified atom stereocenters. The summed E-state index contributed by atoms with van der Waals surface area (Å²) in [6.45, 7) is 2.55. The summed E-state index contributed by atoms with van der Waals surface area (Å²) in [6, 6.07) is 0.350. The first-order chi connectivity index (χ1) is 7.84. The Morgan fingerprint density at radius 1 is 1.56 bits per heavy atom. The van der Waals surface area contributed by atoms with E-state index in [0.717, 1.165) is 37.5 Å². The molecule has 2 heterocycles. The van der Waals surface area contributed by atoms with Gasteiger partial charge in [-0.25, -0.2) is 0 Å². The Labute approximate surface area is 101 Å². The maximum atomic E-state index is 11.7. The fraction of sp³-hybridized carbons (Fsp3) is 0.909. The van der Waals surface area contributed by atoms with Gasteiger partial charge in [0, 0.05) is 43.7 Å². The number of ether oxygens (including phenoxy) is 1. The smallest absolute Gasteiger partial charge is 0.221 e. The van der Waals surface area contributed by atoms with Crippen molar-refractivity contribution in [3.8, 4) is 0 Å². The highest BCUT2D eigenvalue weighted by Crippen LogP contribution is 2.12. The highest BCUT2D eigenvalue weighted by atomic mass is 32.2. The lowest BCUT2D eigenvalue weighted by atomic mass is 10.2. The Morgan fingerprint density at radius 2 is 2.50 bits per heavy atom.